The molecule has 2 N–H and O–H groups in total. The standard InChI is InChI=1S/C12H25N3O3.C2H6/c1-14-3-5-15(6-4-14)7-10-17-8-2-9-18-11-12(13)16;1-2/h2-11H2,1H3,(H2,13,16);1-2H3. The molecule has 0 aromatic rings. The fraction of sp³-hybridized carbons (Fsp3) is 0.929. The predicted molar refractivity (Wildman–Crippen MR) is 80.7 cm³/mol. The van der Waals surface area contributed by atoms with Crippen molar-refractivity contribution in [1.82, 2.24) is 9.80 Å². The Morgan fingerprint density at radius 2 is 1.65 bits per heavy atom. The van der Waals surface area contributed by atoms with Gasteiger partial charge in [-0.15, -0.1) is 0 Å². The Balaban J connectivity index is 0.00000172. The van der Waals surface area contributed by atoms with Crippen molar-refractivity contribution in [1.29, 1.82) is 0 Å². The van der Waals surface area contributed by atoms with Gasteiger partial charge in [0.2, 0.25) is 5.91 Å². The molecule has 6 nitrogen and oxygen atoms in total. The van der Waals surface area contributed by atoms with Gasteiger partial charge in [-0.05, 0) is 13.5 Å². The minimum Gasteiger partial charge on any atom is -0.380 e. The molecule has 1 fully saturated rings. The van der Waals surface area contributed by atoms with E-state index in [1.54, 1.807) is 0 Å². The van der Waals surface area contributed by atoms with Gasteiger partial charge in [0.15, 0.2) is 0 Å². The van der Waals surface area contributed by atoms with Crippen molar-refractivity contribution in [2.24, 2.45) is 5.73 Å². The van der Waals surface area contributed by atoms with Crippen molar-refractivity contribution in [3.63, 3.8) is 0 Å². The minimum atomic E-state index is -0.425. The molecule has 1 aliphatic heterocycles. The van der Waals surface area contributed by atoms with Crippen LogP contribution in [0.4, 0.5) is 0 Å². The zero-order valence-corrected chi connectivity index (χ0v) is 13.3. The lowest BCUT2D eigenvalue weighted by molar-refractivity contribution is -0.122. The van der Waals surface area contributed by atoms with Gasteiger partial charge in [0, 0.05) is 45.9 Å². The van der Waals surface area contributed by atoms with Crippen LogP contribution in [0, 0.1) is 0 Å². The number of nitrogens with two attached hydrogens (primary N) is 1. The maximum Gasteiger partial charge on any atom is 0.243 e. The Kier molecular flexibility index (Phi) is 12.8. The Morgan fingerprint density at radius 1 is 1.05 bits per heavy atom. The van der Waals surface area contributed by atoms with Crippen molar-refractivity contribution >= 4 is 5.91 Å². The number of likely N-dealkylation sites (N-methyl/N-ethyl adjacent to an activating group) is 1. The van der Waals surface area contributed by atoms with E-state index in [9.17, 15) is 4.79 Å². The maximum atomic E-state index is 10.4. The number of carbonyl (C=O) groups excluding carboxylic acids is 1. The first-order valence-electron chi connectivity index (χ1n) is 7.53. The third-order valence-corrected chi connectivity index (χ3v) is 2.97. The van der Waals surface area contributed by atoms with Crippen LogP contribution in [-0.2, 0) is 14.3 Å². The first-order valence-corrected chi connectivity index (χ1v) is 7.53. The second kappa shape index (κ2) is 13.3. The Labute approximate surface area is 123 Å². The number of rotatable bonds is 9. The molecule has 0 bridgehead atoms. The normalized spacial score (nSPS) is 16.6. The van der Waals surface area contributed by atoms with Gasteiger partial charge in [0.25, 0.3) is 0 Å². The molecule has 0 spiro atoms. The number of ether oxygens (including phenoxy) is 2. The van der Waals surface area contributed by atoms with Crippen LogP contribution >= 0.6 is 0 Å². The van der Waals surface area contributed by atoms with E-state index < -0.39 is 5.91 Å². The molecule has 0 aliphatic carbocycles. The van der Waals surface area contributed by atoms with Crippen LogP contribution in [0.25, 0.3) is 0 Å². The number of hydrogen-bond acceptors (Lipinski definition) is 5. The average molecular weight is 289 g/mol. The second-order valence-electron chi connectivity index (χ2n) is 4.63. The highest BCUT2D eigenvalue weighted by Crippen LogP contribution is 1.98. The Hall–Kier alpha value is -0.690. The fourth-order valence-electron chi connectivity index (χ4n) is 1.80. The van der Waals surface area contributed by atoms with Gasteiger partial charge in [-0.2, -0.15) is 0 Å². The third kappa shape index (κ3) is 11.2. The molecule has 0 aromatic carbocycles. The highest BCUT2D eigenvalue weighted by atomic mass is 16.5. The van der Waals surface area contributed by atoms with E-state index in [-0.39, 0.29) is 6.61 Å². The zero-order valence-electron chi connectivity index (χ0n) is 13.3. The fourth-order valence-corrected chi connectivity index (χ4v) is 1.80. The molecule has 0 atom stereocenters. The number of primary amides is 1. The van der Waals surface area contributed by atoms with Crippen LogP contribution in [0.3, 0.4) is 0 Å². The van der Waals surface area contributed by atoms with Crippen LogP contribution in [0.2, 0.25) is 0 Å². The summed E-state index contributed by atoms with van der Waals surface area (Å²) in [5.41, 5.74) is 4.94. The van der Waals surface area contributed by atoms with Gasteiger partial charge >= 0.3 is 0 Å². The van der Waals surface area contributed by atoms with E-state index in [0.717, 1.165) is 45.8 Å². The largest absolute Gasteiger partial charge is 0.380 e. The molecule has 1 amide bonds. The maximum absolute atomic E-state index is 10.4. The molecule has 0 saturated carbocycles. The summed E-state index contributed by atoms with van der Waals surface area (Å²) in [7, 11) is 2.15. The first-order chi connectivity index (χ1) is 9.68. The van der Waals surface area contributed by atoms with Gasteiger partial charge in [0.1, 0.15) is 6.61 Å². The highest BCUT2D eigenvalue weighted by Gasteiger charge is 2.12. The van der Waals surface area contributed by atoms with Crippen LogP contribution in [0.15, 0.2) is 0 Å². The zero-order chi connectivity index (χ0) is 15.2. The summed E-state index contributed by atoms with van der Waals surface area (Å²) in [6.45, 7) is 11.5. The molecule has 120 valence electrons. The lowest BCUT2D eigenvalue weighted by Gasteiger charge is -2.32. The molecule has 1 rings (SSSR count). The van der Waals surface area contributed by atoms with Crippen molar-refractivity contribution < 1.29 is 14.3 Å². The van der Waals surface area contributed by atoms with E-state index >= 15 is 0 Å². The van der Waals surface area contributed by atoms with Crippen molar-refractivity contribution in [3.05, 3.63) is 0 Å². The molecular formula is C14H31N3O3. The number of nitrogens with zero attached hydrogens (tertiary/aromatic N) is 2. The molecule has 20 heavy (non-hydrogen) atoms. The van der Waals surface area contributed by atoms with Gasteiger partial charge in [-0.25, -0.2) is 0 Å². The quantitative estimate of drug-likeness (QED) is 0.613. The molecule has 1 saturated heterocycles. The topological polar surface area (TPSA) is 68.0 Å². The van der Waals surface area contributed by atoms with Gasteiger partial charge < -0.3 is 20.1 Å². The lowest BCUT2D eigenvalue weighted by atomic mass is 10.3. The predicted octanol–water partition coefficient (Wildman–Crippen LogP) is 0.169. The van der Waals surface area contributed by atoms with E-state index in [1.807, 2.05) is 13.8 Å². The number of carbonyl (C=O) groups is 1. The summed E-state index contributed by atoms with van der Waals surface area (Å²) in [6, 6.07) is 0. The molecule has 1 aliphatic rings. The van der Waals surface area contributed by atoms with Crippen molar-refractivity contribution in [3.8, 4) is 0 Å². The molecule has 0 radical (unpaired) electrons. The first kappa shape index (κ1) is 19.3. The van der Waals surface area contributed by atoms with Crippen LogP contribution in [0.5, 0.6) is 0 Å². The lowest BCUT2D eigenvalue weighted by Crippen LogP contribution is -2.45. The van der Waals surface area contributed by atoms with Gasteiger partial charge in [0.05, 0.1) is 6.61 Å². The number of hydrogen-bond donors (Lipinski definition) is 1. The van der Waals surface area contributed by atoms with Gasteiger partial charge in [-0.3, -0.25) is 9.69 Å². The molecule has 0 aromatic heterocycles. The van der Waals surface area contributed by atoms with Crippen LogP contribution < -0.4 is 5.73 Å². The summed E-state index contributed by atoms with van der Waals surface area (Å²) in [4.78, 5) is 15.2. The monoisotopic (exact) mass is 289 g/mol. The summed E-state index contributed by atoms with van der Waals surface area (Å²) in [5.74, 6) is -0.425. The van der Waals surface area contributed by atoms with E-state index in [2.05, 4.69) is 16.8 Å². The van der Waals surface area contributed by atoms with Gasteiger partial charge in [-0.1, -0.05) is 13.8 Å². The van der Waals surface area contributed by atoms with E-state index in [1.165, 1.54) is 0 Å². The Morgan fingerprint density at radius 3 is 2.25 bits per heavy atom. The Bertz CT molecular complexity index is 232. The van der Waals surface area contributed by atoms with E-state index in [4.69, 9.17) is 15.2 Å². The highest BCUT2D eigenvalue weighted by molar-refractivity contribution is 5.74. The molecular weight excluding hydrogens is 258 g/mol. The third-order valence-electron chi connectivity index (χ3n) is 2.97. The van der Waals surface area contributed by atoms with E-state index in [0.29, 0.717) is 13.2 Å². The molecule has 6 heteroatoms. The summed E-state index contributed by atoms with van der Waals surface area (Å²) < 4.78 is 10.6. The summed E-state index contributed by atoms with van der Waals surface area (Å²) in [6.07, 6.45) is 0.802. The number of amides is 1. The van der Waals surface area contributed by atoms with Crippen molar-refractivity contribution in [2.75, 3.05) is 66.2 Å². The second-order valence-corrected chi connectivity index (χ2v) is 4.63. The van der Waals surface area contributed by atoms with Crippen LogP contribution in [-0.4, -0.2) is 81.9 Å². The summed E-state index contributed by atoms with van der Waals surface area (Å²) >= 11 is 0. The molecule has 1 heterocycles. The minimum absolute atomic E-state index is 0.00129. The molecule has 0 unspecified atom stereocenters. The SMILES string of the molecule is CC.CN1CCN(CCOCCCOCC(N)=O)CC1. The average Bonchev–Trinajstić information content (AvgIpc) is 2.45. The smallest absolute Gasteiger partial charge is 0.243 e. The van der Waals surface area contributed by atoms with Crippen LogP contribution in [0.1, 0.15) is 20.3 Å². The van der Waals surface area contributed by atoms with Crippen molar-refractivity contribution in [2.45, 2.75) is 20.3 Å². The number of piperazine rings is 1. The summed E-state index contributed by atoms with van der Waals surface area (Å²) in [5, 5.41) is 0.